The van der Waals surface area contributed by atoms with Crippen LogP contribution in [0.15, 0.2) is 24.3 Å². The third-order valence-corrected chi connectivity index (χ3v) is 5.54. The van der Waals surface area contributed by atoms with Gasteiger partial charge in [-0.2, -0.15) is 0 Å². The lowest BCUT2D eigenvalue weighted by atomic mass is 9.95. The molecule has 0 atom stereocenters. The Morgan fingerprint density at radius 3 is 2.73 bits per heavy atom. The highest BCUT2D eigenvalue weighted by atomic mass is 35.5. The molecule has 26 heavy (non-hydrogen) atoms. The van der Waals surface area contributed by atoms with Gasteiger partial charge in [0.05, 0.1) is 6.54 Å². The van der Waals surface area contributed by atoms with Gasteiger partial charge in [0.15, 0.2) is 0 Å². The number of nitrogens with zero attached hydrogens (tertiary/aromatic N) is 4. The van der Waals surface area contributed by atoms with Gasteiger partial charge in [-0.25, -0.2) is 0 Å². The van der Waals surface area contributed by atoms with Gasteiger partial charge in [0.25, 0.3) is 0 Å². The number of nitrogens with one attached hydrogen (secondary N) is 1. The van der Waals surface area contributed by atoms with E-state index in [-0.39, 0.29) is 12.4 Å². The number of rotatable bonds is 5. The highest BCUT2D eigenvalue weighted by Crippen LogP contribution is 2.28. The molecule has 2 aliphatic heterocycles. The first-order chi connectivity index (χ1) is 12.3. The topological polar surface area (TPSA) is 46.0 Å². The third-order valence-electron chi connectivity index (χ3n) is 5.54. The zero-order valence-electron chi connectivity index (χ0n) is 15.7. The molecule has 4 rings (SSSR count). The van der Waals surface area contributed by atoms with Crippen molar-refractivity contribution in [3.05, 3.63) is 47.0 Å². The highest BCUT2D eigenvalue weighted by Gasteiger charge is 2.26. The minimum Gasteiger partial charge on any atom is -0.312 e. The van der Waals surface area contributed by atoms with Crippen LogP contribution in [0.2, 0.25) is 0 Å². The van der Waals surface area contributed by atoms with Gasteiger partial charge < -0.3 is 9.88 Å². The van der Waals surface area contributed by atoms with E-state index in [9.17, 15) is 0 Å². The Kier molecular flexibility index (Phi) is 6.68. The van der Waals surface area contributed by atoms with Crippen molar-refractivity contribution in [1.82, 2.24) is 25.0 Å². The van der Waals surface area contributed by atoms with Crippen molar-refractivity contribution in [3.8, 4) is 0 Å². The van der Waals surface area contributed by atoms with Crippen molar-refractivity contribution >= 4 is 12.4 Å². The van der Waals surface area contributed by atoms with Crippen molar-refractivity contribution in [2.75, 3.05) is 19.6 Å². The second-order valence-electron chi connectivity index (χ2n) is 7.42. The Bertz CT molecular complexity index is 706. The van der Waals surface area contributed by atoms with Crippen LogP contribution in [-0.4, -0.2) is 39.3 Å². The lowest BCUT2D eigenvalue weighted by Crippen LogP contribution is -2.34. The van der Waals surface area contributed by atoms with Gasteiger partial charge in [-0.15, -0.1) is 22.6 Å². The van der Waals surface area contributed by atoms with Crippen LogP contribution in [0.5, 0.6) is 0 Å². The van der Waals surface area contributed by atoms with Gasteiger partial charge in [-0.3, -0.25) is 4.90 Å². The molecule has 0 bridgehead atoms. The fourth-order valence-electron chi connectivity index (χ4n) is 4.20. The third kappa shape index (κ3) is 4.27. The molecule has 5 nitrogen and oxygen atoms in total. The average molecular weight is 376 g/mol. The molecule has 0 amide bonds. The van der Waals surface area contributed by atoms with Crippen molar-refractivity contribution in [2.45, 2.75) is 58.2 Å². The van der Waals surface area contributed by atoms with Crippen LogP contribution in [0.4, 0.5) is 0 Å². The molecule has 2 aromatic rings. The van der Waals surface area contributed by atoms with E-state index in [2.05, 4.69) is 56.2 Å². The molecule has 1 aromatic heterocycles. The summed E-state index contributed by atoms with van der Waals surface area (Å²) in [5.74, 6) is 2.90. The summed E-state index contributed by atoms with van der Waals surface area (Å²) in [5.41, 5.74) is 2.92. The van der Waals surface area contributed by atoms with Crippen LogP contribution < -0.4 is 5.32 Å². The molecule has 1 aromatic carbocycles. The van der Waals surface area contributed by atoms with Crippen molar-refractivity contribution < 1.29 is 0 Å². The summed E-state index contributed by atoms with van der Waals surface area (Å²) < 4.78 is 2.35. The first-order valence-corrected chi connectivity index (χ1v) is 9.76. The number of benzene rings is 1. The first-order valence-electron chi connectivity index (χ1n) is 9.76. The number of hydrogen-bond donors (Lipinski definition) is 1. The number of aryl methyl sites for hydroxylation is 1. The van der Waals surface area contributed by atoms with E-state index in [4.69, 9.17) is 0 Å². The van der Waals surface area contributed by atoms with Crippen LogP contribution in [0.25, 0.3) is 0 Å². The maximum absolute atomic E-state index is 4.52. The van der Waals surface area contributed by atoms with Gasteiger partial charge in [0, 0.05) is 25.6 Å². The lowest BCUT2D eigenvalue weighted by Gasteiger charge is -2.32. The van der Waals surface area contributed by atoms with Crippen molar-refractivity contribution in [2.24, 2.45) is 0 Å². The summed E-state index contributed by atoms with van der Waals surface area (Å²) in [5, 5.41) is 12.3. The highest BCUT2D eigenvalue weighted by molar-refractivity contribution is 5.85. The molecule has 0 spiro atoms. The average Bonchev–Trinajstić information content (AvgIpc) is 3.07. The van der Waals surface area contributed by atoms with E-state index in [0.717, 1.165) is 45.1 Å². The molecule has 1 N–H and O–H groups in total. The number of fused-ring (bicyclic) bond motifs is 1. The Labute approximate surface area is 162 Å². The largest absolute Gasteiger partial charge is 0.312 e. The summed E-state index contributed by atoms with van der Waals surface area (Å²) in [6.07, 6.45) is 4.79. The number of hydrogen-bond acceptors (Lipinski definition) is 4. The molecule has 0 saturated carbocycles. The second-order valence-corrected chi connectivity index (χ2v) is 7.42. The zero-order chi connectivity index (χ0) is 17.1. The van der Waals surface area contributed by atoms with Crippen LogP contribution >= 0.6 is 12.4 Å². The van der Waals surface area contributed by atoms with E-state index in [1.54, 1.807) is 0 Å². The summed E-state index contributed by atoms with van der Waals surface area (Å²) in [6, 6.07) is 9.12. The predicted octanol–water partition coefficient (Wildman–Crippen LogP) is 3.14. The van der Waals surface area contributed by atoms with Crippen LogP contribution in [0, 0.1) is 0 Å². The molecule has 0 radical (unpaired) electrons. The van der Waals surface area contributed by atoms with Crippen LogP contribution in [0.1, 0.15) is 54.9 Å². The Morgan fingerprint density at radius 1 is 1.12 bits per heavy atom. The molecular formula is C20H30ClN5. The molecule has 6 heteroatoms. The zero-order valence-corrected chi connectivity index (χ0v) is 16.5. The van der Waals surface area contributed by atoms with E-state index < -0.39 is 0 Å². The van der Waals surface area contributed by atoms with E-state index >= 15 is 0 Å². The second kappa shape index (κ2) is 8.98. The smallest absolute Gasteiger partial charge is 0.147 e. The maximum Gasteiger partial charge on any atom is 0.147 e. The van der Waals surface area contributed by atoms with Gasteiger partial charge in [-0.05, 0) is 43.5 Å². The van der Waals surface area contributed by atoms with Crippen molar-refractivity contribution in [3.63, 3.8) is 0 Å². The number of halogens is 1. The lowest BCUT2D eigenvalue weighted by molar-refractivity contribution is 0.199. The molecule has 142 valence electrons. The van der Waals surface area contributed by atoms with Gasteiger partial charge in [0.2, 0.25) is 0 Å². The fraction of sp³-hybridized carbons (Fsp3) is 0.600. The molecule has 1 saturated heterocycles. The van der Waals surface area contributed by atoms with E-state index in [1.807, 2.05) is 0 Å². The predicted molar refractivity (Wildman–Crippen MR) is 107 cm³/mol. The molecular weight excluding hydrogens is 346 g/mol. The minimum atomic E-state index is 0. The Hall–Kier alpha value is -1.43. The minimum absolute atomic E-state index is 0. The van der Waals surface area contributed by atoms with Gasteiger partial charge in [-0.1, -0.05) is 37.6 Å². The Morgan fingerprint density at radius 2 is 1.92 bits per heavy atom. The molecule has 1 fully saturated rings. The number of aromatic nitrogens is 3. The number of likely N-dealkylation sites (tertiary alicyclic amines) is 1. The number of piperidine rings is 1. The summed E-state index contributed by atoms with van der Waals surface area (Å²) in [4.78, 5) is 2.59. The standard InChI is InChI=1S/C20H29N5.ClH/c1-2-4-16-5-3-6-17(13-16)15-24-10-7-18(8-11-24)20-23-22-19-14-21-9-12-25(19)20;/h3,5-6,13,18,21H,2,4,7-12,14-15H2,1H3;1H. The first kappa shape index (κ1) is 19.3. The van der Waals surface area contributed by atoms with Gasteiger partial charge in [0.1, 0.15) is 11.6 Å². The normalized spacial score (nSPS) is 18.3. The fourth-order valence-corrected chi connectivity index (χ4v) is 4.20. The summed E-state index contributed by atoms with van der Waals surface area (Å²) in [7, 11) is 0. The molecule has 3 heterocycles. The van der Waals surface area contributed by atoms with Crippen molar-refractivity contribution in [1.29, 1.82) is 0 Å². The quantitative estimate of drug-likeness (QED) is 0.872. The van der Waals surface area contributed by atoms with Gasteiger partial charge >= 0.3 is 0 Å². The summed E-state index contributed by atoms with van der Waals surface area (Å²) in [6.45, 7) is 8.54. The summed E-state index contributed by atoms with van der Waals surface area (Å²) >= 11 is 0. The van der Waals surface area contributed by atoms with E-state index in [0.29, 0.717) is 5.92 Å². The SMILES string of the molecule is CCCc1cccc(CN2CCC(c3nnc4n3CCNC4)CC2)c1.Cl. The Balaban J connectivity index is 0.00000196. The monoisotopic (exact) mass is 375 g/mol. The maximum atomic E-state index is 4.52. The van der Waals surface area contributed by atoms with E-state index in [1.165, 1.54) is 42.6 Å². The molecule has 0 aliphatic carbocycles. The molecule has 2 aliphatic rings. The van der Waals surface area contributed by atoms with Crippen LogP contribution in [0.3, 0.4) is 0 Å². The molecule has 0 unspecified atom stereocenters. The van der Waals surface area contributed by atoms with Crippen LogP contribution in [-0.2, 0) is 26.1 Å².